The Morgan fingerprint density at radius 1 is 0.966 bits per heavy atom. The average molecular weight is 514 g/mol. The zero-order valence-electron chi connectivity index (χ0n) is 16.4. The van der Waals surface area contributed by atoms with Crippen LogP contribution < -0.4 is 21.5 Å². The van der Waals surface area contributed by atoms with Gasteiger partial charge in [-0.3, -0.25) is 4.79 Å². The zero-order chi connectivity index (χ0) is 19.7. The molecule has 4 aromatic rings. The molecule has 0 spiro atoms. The number of nitrogens with zero attached hydrogens (tertiary/aromatic N) is 2. The lowest BCUT2D eigenvalue weighted by Crippen LogP contribution is -3.00. The van der Waals surface area contributed by atoms with Gasteiger partial charge in [0, 0.05) is 10.0 Å². The van der Waals surface area contributed by atoms with Crippen LogP contribution in [0.25, 0.3) is 11.0 Å². The maximum atomic E-state index is 12.9. The van der Waals surface area contributed by atoms with Crippen molar-refractivity contribution in [3.63, 3.8) is 0 Å². The predicted molar refractivity (Wildman–Crippen MR) is 116 cm³/mol. The third kappa shape index (κ3) is 4.68. The van der Waals surface area contributed by atoms with E-state index in [1.807, 2.05) is 30.3 Å². The molecule has 1 aromatic heterocycles. The van der Waals surface area contributed by atoms with Crippen LogP contribution >= 0.6 is 15.9 Å². The summed E-state index contributed by atoms with van der Waals surface area (Å²) in [4.78, 5) is 12.9. The summed E-state index contributed by atoms with van der Waals surface area (Å²) in [7, 11) is 0. The second kappa shape index (κ2) is 9.06. The molecule has 0 fully saturated rings. The summed E-state index contributed by atoms with van der Waals surface area (Å²) < 4.78 is 5.21. The number of carbonyl (C=O) groups excluding carboxylic acids is 1. The Morgan fingerprint density at radius 2 is 1.69 bits per heavy atom. The van der Waals surface area contributed by atoms with Gasteiger partial charge in [0.25, 0.3) is 0 Å². The molecule has 0 saturated carbocycles. The first-order chi connectivity index (χ1) is 13.5. The standard InChI is InChI=1S/C24H22BrN2O.BrH/c1-17-11-22-23(12-18(17)2)27(15-24(28)20-9-6-10-21(25)13-20)16-26(22)14-19-7-4-3-5-8-19;/h3-13,16H,14-15H2,1-2H3;1H/q+1;/p-1. The highest BCUT2D eigenvalue weighted by molar-refractivity contribution is 9.10. The second-order valence-electron chi connectivity index (χ2n) is 7.22. The van der Waals surface area contributed by atoms with Gasteiger partial charge in [-0.2, -0.15) is 0 Å². The number of hydrogen-bond donors (Lipinski definition) is 0. The van der Waals surface area contributed by atoms with E-state index in [2.05, 4.69) is 81.6 Å². The van der Waals surface area contributed by atoms with Crippen molar-refractivity contribution >= 4 is 32.7 Å². The van der Waals surface area contributed by atoms with Gasteiger partial charge in [0.1, 0.15) is 6.54 Å². The molecule has 29 heavy (non-hydrogen) atoms. The number of aryl methyl sites for hydroxylation is 2. The number of rotatable bonds is 5. The Kier molecular flexibility index (Phi) is 6.70. The van der Waals surface area contributed by atoms with Gasteiger partial charge in [0.2, 0.25) is 12.1 Å². The van der Waals surface area contributed by atoms with Crippen molar-refractivity contribution in [3.05, 3.63) is 99.8 Å². The summed E-state index contributed by atoms with van der Waals surface area (Å²) in [5.41, 5.74) is 6.67. The lowest BCUT2D eigenvalue weighted by molar-refractivity contribution is -0.663. The highest BCUT2D eigenvalue weighted by Gasteiger charge is 2.20. The minimum absolute atomic E-state index is 0. The van der Waals surface area contributed by atoms with E-state index >= 15 is 0 Å². The highest BCUT2D eigenvalue weighted by Crippen LogP contribution is 2.19. The van der Waals surface area contributed by atoms with Gasteiger partial charge in [0.05, 0.1) is 0 Å². The molecule has 148 valence electrons. The van der Waals surface area contributed by atoms with Crippen molar-refractivity contribution in [2.75, 3.05) is 0 Å². The van der Waals surface area contributed by atoms with Crippen LogP contribution in [-0.4, -0.2) is 10.4 Å². The van der Waals surface area contributed by atoms with E-state index in [4.69, 9.17) is 0 Å². The predicted octanol–water partition coefficient (Wildman–Crippen LogP) is 2.24. The van der Waals surface area contributed by atoms with E-state index < -0.39 is 0 Å². The Hall–Kier alpha value is -2.24. The van der Waals surface area contributed by atoms with E-state index in [-0.39, 0.29) is 22.8 Å². The number of aromatic nitrogens is 2. The van der Waals surface area contributed by atoms with Crippen LogP contribution in [0.3, 0.4) is 0 Å². The van der Waals surface area contributed by atoms with Crippen LogP contribution in [0.4, 0.5) is 0 Å². The van der Waals surface area contributed by atoms with Crippen LogP contribution in [0.5, 0.6) is 0 Å². The van der Waals surface area contributed by atoms with Crippen LogP contribution in [0.2, 0.25) is 0 Å². The molecule has 0 N–H and O–H groups in total. The maximum Gasteiger partial charge on any atom is 0.245 e. The summed E-state index contributed by atoms with van der Waals surface area (Å²) in [6.07, 6.45) is 2.06. The lowest BCUT2D eigenvalue weighted by Gasteiger charge is -2.02. The third-order valence-electron chi connectivity index (χ3n) is 5.14. The van der Waals surface area contributed by atoms with Gasteiger partial charge in [-0.05, 0) is 54.8 Å². The monoisotopic (exact) mass is 512 g/mol. The Morgan fingerprint density at radius 3 is 2.41 bits per heavy atom. The van der Waals surface area contributed by atoms with Crippen molar-refractivity contribution in [2.24, 2.45) is 0 Å². The molecular weight excluding hydrogens is 492 g/mol. The van der Waals surface area contributed by atoms with Gasteiger partial charge in [0.15, 0.2) is 17.6 Å². The Balaban J connectivity index is 0.00000240. The van der Waals surface area contributed by atoms with Crippen molar-refractivity contribution < 1.29 is 26.3 Å². The van der Waals surface area contributed by atoms with Gasteiger partial charge in [-0.15, -0.1) is 0 Å². The molecule has 0 radical (unpaired) electrons. The topological polar surface area (TPSA) is 25.9 Å². The first-order valence-corrected chi connectivity index (χ1v) is 10.1. The Labute approximate surface area is 189 Å². The number of benzene rings is 3. The number of carbonyl (C=O) groups is 1. The summed E-state index contributed by atoms with van der Waals surface area (Å²) in [5.74, 6) is 0.100. The number of fused-ring (bicyclic) bond motifs is 1. The molecule has 3 aromatic carbocycles. The first-order valence-electron chi connectivity index (χ1n) is 9.33. The van der Waals surface area contributed by atoms with Crippen LogP contribution in [0.1, 0.15) is 27.0 Å². The smallest absolute Gasteiger partial charge is 0.245 e. The lowest BCUT2D eigenvalue weighted by atomic mass is 10.1. The Bertz CT molecular complexity index is 1170. The number of imidazole rings is 1. The number of hydrogen-bond acceptors (Lipinski definition) is 1. The molecule has 0 atom stereocenters. The minimum Gasteiger partial charge on any atom is -1.00 e. The summed E-state index contributed by atoms with van der Waals surface area (Å²) in [6, 6.07) is 22.4. The zero-order valence-corrected chi connectivity index (χ0v) is 19.6. The molecule has 0 aliphatic rings. The molecule has 4 rings (SSSR count). The number of Topliss-reactive ketones (excluding diaryl/α,β-unsaturated/α-hetero) is 1. The molecule has 0 aliphatic carbocycles. The van der Waals surface area contributed by atoms with Crippen molar-refractivity contribution in [3.8, 4) is 0 Å². The van der Waals surface area contributed by atoms with E-state index in [0.29, 0.717) is 6.54 Å². The first kappa shape index (κ1) is 21.5. The van der Waals surface area contributed by atoms with E-state index in [0.717, 1.165) is 27.6 Å². The SMILES string of the molecule is Cc1cc2c(cc1C)[n+](Cc1ccccc1)cn2CC(=O)c1cccc(Br)c1.[Br-]. The normalized spacial score (nSPS) is 10.7. The molecule has 0 aliphatic heterocycles. The molecule has 3 nitrogen and oxygen atoms in total. The number of halogens is 2. The van der Waals surface area contributed by atoms with Gasteiger partial charge < -0.3 is 17.0 Å². The van der Waals surface area contributed by atoms with E-state index in [1.165, 1.54) is 16.7 Å². The molecule has 0 amide bonds. The van der Waals surface area contributed by atoms with Gasteiger partial charge in [-0.25, -0.2) is 9.13 Å². The van der Waals surface area contributed by atoms with E-state index in [1.54, 1.807) is 0 Å². The summed E-state index contributed by atoms with van der Waals surface area (Å²) in [6.45, 7) is 5.34. The minimum atomic E-state index is 0. The highest BCUT2D eigenvalue weighted by atomic mass is 79.9. The average Bonchev–Trinajstić information content (AvgIpc) is 2.99. The molecule has 5 heteroatoms. The quantitative estimate of drug-likeness (QED) is 0.297. The van der Waals surface area contributed by atoms with Gasteiger partial charge >= 0.3 is 0 Å². The fraction of sp³-hybridized carbons (Fsp3) is 0.167. The van der Waals surface area contributed by atoms with Crippen LogP contribution in [-0.2, 0) is 13.1 Å². The van der Waals surface area contributed by atoms with Crippen LogP contribution in [0, 0.1) is 13.8 Å². The molecule has 0 bridgehead atoms. The molecule has 0 saturated heterocycles. The summed E-state index contributed by atoms with van der Waals surface area (Å²) >= 11 is 3.45. The van der Waals surface area contributed by atoms with Crippen molar-refractivity contribution in [1.29, 1.82) is 0 Å². The van der Waals surface area contributed by atoms with Crippen molar-refractivity contribution in [1.82, 2.24) is 4.57 Å². The molecule has 0 unspecified atom stereocenters. The molecular formula is C24H22Br2N2O. The van der Waals surface area contributed by atoms with E-state index in [9.17, 15) is 4.79 Å². The third-order valence-corrected chi connectivity index (χ3v) is 5.64. The van der Waals surface area contributed by atoms with Crippen molar-refractivity contribution in [2.45, 2.75) is 26.9 Å². The second-order valence-corrected chi connectivity index (χ2v) is 8.13. The fourth-order valence-corrected chi connectivity index (χ4v) is 3.88. The summed E-state index contributed by atoms with van der Waals surface area (Å²) in [5, 5.41) is 0. The van der Waals surface area contributed by atoms with Crippen LogP contribution in [0.15, 0.2) is 77.5 Å². The van der Waals surface area contributed by atoms with Gasteiger partial charge in [-0.1, -0.05) is 58.4 Å². The fourth-order valence-electron chi connectivity index (χ4n) is 3.48. The largest absolute Gasteiger partial charge is 1.00 e. The molecule has 1 heterocycles. The number of ketones is 1. The maximum absolute atomic E-state index is 12.9.